The standard InChI is InChI=1S/C18H24ClF/c1-2-17-10-9-16(13-18(17)20)8-7-14-3-5-15(6-4-14)11-12-19/h9-15H,2-8H2,1H3. The van der Waals surface area contributed by atoms with Gasteiger partial charge in [-0.25, -0.2) is 4.39 Å². The highest BCUT2D eigenvalue weighted by Crippen LogP contribution is 2.32. The van der Waals surface area contributed by atoms with E-state index in [4.69, 9.17) is 11.6 Å². The van der Waals surface area contributed by atoms with E-state index in [1.807, 2.05) is 13.0 Å². The quantitative estimate of drug-likeness (QED) is 0.636. The number of allylic oxidation sites excluding steroid dienone is 1. The van der Waals surface area contributed by atoms with Gasteiger partial charge in [-0.15, -0.1) is 0 Å². The highest BCUT2D eigenvalue weighted by atomic mass is 35.5. The van der Waals surface area contributed by atoms with Crippen molar-refractivity contribution < 1.29 is 4.39 Å². The lowest BCUT2D eigenvalue weighted by Gasteiger charge is -2.26. The Morgan fingerprint density at radius 3 is 2.60 bits per heavy atom. The summed E-state index contributed by atoms with van der Waals surface area (Å²) in [5.41, 5.74) is 3.62. The smallest absolute Gasteiger partial charge is 0.126 e. The van der Waals surface area contributed by atoms with Crippen LogP contribution in [-0.2, 0) is 12.8 Å². The number of rotatable bonds is 5. The zero-order valence-electron chi connectivity index (χ0n) is 12.2. The molecule has 0 aromatic heterocycles. The molecule has 110 valence electrons. The monoisotopic (exact) mass is 294 g/mol. The maximum Gasteiger partial charge on any atom is 0.126 e. The molecule has 0 atom stereocenters. The van der Waals surface area contributed by atoms with Crippen LogP contribution < -0.4 is 0 Å². The topological polar surface area (TPSA) is 0 Å². The molecule has 1 fully saturated rings. The normalized spacial score (nSPS) is 23.4. The zero-order valence-corrected chi connectivity index (χ0v) is 13.0. The van der Waals surface area contributed by atoms with Crippen LogP contribution in [0.25, 0.3) is 0 Å². The van der Waals surface area contributed by atoms with Gasteiger partial charge in [-0.2, -0.15) is 0 Å². The highest BCUT2D eigenvalue weighted by Gasteiger charge is 2.19. The molecule has 0 amide bonds. The molecule has 0 saturated heterocycles. The summed E-state index contributed by atoms with van der Waals surface area (Å²) >= 11 is 5.64. The second-order valence-corrected chi connectivity index (χ2v) is 6.17. The van der Waals surface area contributed by atoms with Crippen molar-refractivity contribution in [3.8, 4) is 0 Å². The van der Waals surface area contributed by atoms with Gasteiger partial charge >= 0.3 is 0 Å². The SMILES string of the molecule is CCc1ccc(CCC2CCC(C=CCl)CC2)cc1F. The minimum atomic E-state index is -0.0408. The Hall–Kier alpha value is -0.820. The van der Waals surface area contributed by atoms with Crippen LogP contribution in [-0.4, -0.2) is 0 Å². The molecule has 2 heteroatoms. The van der Waals surface area contributed by atoms with Gasteiger partial charge in [-0.1, -0.05) is 36.7 Å². The van der Waals surface area contributed by atoms with Gasteiger partial charge in [0.25, 0.3) is 0 Å². The zero-order chi connectivity index (χ0) is 14.4. The second-order valence-electron chi connectivity index (χ2n) is 5.92. The van der Waals surface area contributed by atoms with Crippen molar-refractivity contribution in [2.75, 3.05) is 0 Å². The third kappa shape index (κ3) is 4.34. The first-order valence-corrected chi connectivity index (χ1v) is 8.20. The van der Waals surface area contributed by atoms with Crippen LogP contribution in [0.15, 0.2) is 29.8 Å². The van der Waals surface area contributed by atoms with Gasteiger partial charge in [-0.05, 0) is 74.0 Å². The molecule has 1 saturated carbocycles. The molecule has 1 aliphatic rings. The Balaban J connectivity index is 1.80. The van der Waals surface area contributed by atoms with Gasteiger partial charge in [0.05, 0.1) is 0 Å². The molecule has 0 heterocycles. The summed E-state index contributed by atoms with van der Waals surface area (Å²) in [5, 5.41) is 0. The van der Waals surface area contributed by atoms with Crippen molar-refractivity contribution in [1.82, 2.24) is 0 Å². The largest absolute Gasteiger partial charge is 0.207 e. The third-order valence-corrected chi connectivity index (χ3v) is 4.72. The Morgan fingerprint density at radius 1 is 1.25 bits per heavy atom. The van der Waals surface area contributed by atoms with Crippen molar-refractivity contribution in [3.05, 3.63) is 46.8 Å². The Morgan fingerprint density at radius 2 is 2.00 bits per heavy atom. The average Bonchev–Trinajstić information content (AvgIpc) is 2.47. The van der Waals surface area contributed by atoms with Crippen LogP contribution >= 0.6 is 11.6 Å². The molecule has 0 N–H and O–H groups in total. The lowest BCUT2D eigenvalue weighted by Crippen LogP contribution is -2.13. The first kappa shape index (κ1) is 15.6. The van der Waals surface area contributed by atoms with Crippen molar-refractivity contribution >= 4 is 11.6 Å². The molecule has 1 aromatic rings. The maximum atomic E-state index is 13.7. The van der Waals surface area contributed by atoms with Crippen molar-refractivity contribution in [2.45, 2.75) is 51.9 Å². The maximum absolute atomic E-state index is 13.7. The van der Waals surface area contributed by atoms with Gasteiger partial charge in [0, 0.05) is 5.54 Å². The number of hydrogen-bond donors (Lipinski definition) is 0. The molecule has 0 unspecified atom stereocenters. The number of hydrogen-bond acceptors (Lipinski definition) is 0. The fourth-order valence-electron chi connectivity index (χ4n) is 3.18. The summed E-state index contributed by atoms with van der Waals surface area (Å²) in [4.78, 5) is 0. The summed E-state index contributed by atoms with van der Waals surface area (Å²) in [6.45, 7) is 1.99. The summed E-state index contributed by atoms with van der Waals surface area (Å²) in [5.74, 6) is 1.43. The predicted molar refractivity (Wildman–Crippen MR) is 84.5 cm³/mol. The summed E-state index contributed by atoms with van der Waals surface area (Å²) in [6, 6.07) is 5.75. The predicted octanol–water partition coefficient (Wildman–Crippen LogP) is 5.88. The Labute approximate surface area is 127 Å². The molecule has 0 spiro atoms. The lowest BCUT2D eigenvalue weighted by molar-refractivity contribution is 0.296. The van der Waals surface area contributed by atoms with Crippen LogP contribution in [0.1, 0.15) is 50.2 Å². The molecular weight excluding hydrogens is 271 g/mol. The fraction of sp³-hybridized carbons (Fsp3) is 0.556. The second kappa shape index (κ2) is 7.83. The van der Waals surface area contributed by atoms with Crippen LogP contribution in [0.2, 0.25) is 0 Å². The van der Waals surface area contributed by atoms with E-state index in [0.717, 1.165) is 29.9 Å². The van der Waals surface area contributed by atoms with Crippen LogP contribution in [0.4, 0.5) is 4.39 Å². The van der Waals surface area contributed by atoms with Gasteiger partial charge in [0.15, 0.2) is 0 Å². The summed E-state index contributed by atoms with van der Waals surface area (Å²) < 4.78 is 13.7. The van der Waals surface area contributed by atoms with Gasteiger partial charge in [0.2, 0.25) is 0 Å². The van der Waals surface area contributed by atoms with E-state index in [1.54, 1.807) is 11.6 Å². The lowest BCUT2D eigenvalue weighted by atomic mass is 9.79. The fourth-order valence-corrected chi connectivity index (χ4v) is 3.38. The third-order valence-electron chi connectivity index (χ3n) is 4.58. The number of aryl methyl sites for hydroxylation is 2. The molecule has 0 aliphatic heterocycles. The van der Waals surface area contributed by atoms with Crippen molar-refractivity contribution in [1.29, 1.82) is 0 Å². The van der Waals surface area contributed by atoms with E-state index in [-0.39, 0.29) is 5.82 Å². The molecular formula is C18H24ClF. The molecule has 0 nitrogen and oxygen atoms in total. The molecule has 0 bridgehead atoms. The number of benzene rings is 1. The highest BCUT2D eigenvalue weighted by molar-refractivity contribution is 6.25. The first-order chi connectivity index (χ1) is 9.72. The van der Waals surface area contributed by atoms with Gasteiger partial charge in [-0.3, -0.25) is 0 Å². The Bertz CT molecular complexity index is 445. The van der Waals surface area contributed by atoms with E-state index in [1.165, 1.54) is 32.1 Å². The van der Waals surface area contributed by atoms with Gasteiger partial charge in [0.1, 0.15) is 5.82 Å². The van der Waals surface area contributed by atoms with Crippen LogP contribution in [0.3, 0.4) is 0 Å². The van der Waals surface area contributed by atoms with Crippen molar-refractivity contribution in [2.24, 2.45) is 11.8 Å². The minimum Gasteiger partial charge on any atom is -0.207 e. The summed E-state index contributed by atoms with van der Waals surface area (Å²) in [6.07, 6.45) is 10.1. The first-order valence-electron chi connectivity index (χ1n) is 7.77. The molecule has 0 radical (unpaired) electrons. The van der Waals surface area contributed by atoms with E-state index in [9.17, 15) is 4.39 Å². The molecule has 1 aromatic carbocycles. The van der Waals surface area contributed by atoms with E-state index < -0.39 is 0 Å². The van der Waals surface area contributed by atoms with E-state index in [0.29, 0.717) is 5.92 Å². The summed E-state index contributed by atoms with van der Waals surface area (Å²) in [7, 11) is 0. The minimum absolute atomic E-state index is 0.0408. The average molecular weight is 295 g/mol. The van der Waals surface area contributed by atoms with Crippen molar-refractivity contribution in [3.63, 3.8) is 0 Å². The van der Waals surface area contributed by atoms with E-state index in [2.05, 4.69) is 12.1 Å². The van der Waals surface area contributed by atoms with Crippen LogP contribution in [0, 0.1) is 17.7 Å². The number of halogens is 2. The molecule has 20 heavy (non-hydrogen) atoms. The van der Waals surface area contributed by atoms with E-state index >= 15 is 0 Å². The van der Waals surface area contributed by atoms with Crippen LogP contribution in [0.5, 0.6) is 0 Å². The Kier molecular flexibility index (Phi) is 6.09. The van der Waals surface area contributed by atoms with Gasteiger partial charge < -0.3 is 0 Å². The molecule has 2 rings (SSSR count). The molecule has 1 aliphatic carbocycles.